The van der Waals surface area contributed by atoms with Crippen LogP contribution >= 0.6 is 0 Å². The molecule has 5 nitrogen and oxygen atoms in total. The van der Waals surface area contributed by atoms with Crippen LogP contribution in [0, 0.1) is 0 Å². The molecule has 1 rings (SSSR count). The average Bonchev–Trinajstić information content (AvgIpc) is 2.24. The van der Waals surface area contributed by atoms with Crippen LogP contribution in [0.15, 0.2) is 29.6 Å². The predicted octanol–water partition coefficient (Wildman–Crippen LogP) is 1.20. The summed E-state index contributed by atoms with van der Waals surface area (Å²) < 4.78 is 0. The minimum Gasteiger partial charge on any atom is -0.329 e. The van der Waals surface area contributed by atoms with E-state index in [1.165, 1.54) is 12.1 Å². The molecule has 0 spiro atoms. The lowest BCUT2D eigenvalue weighted by Gasteiger charge is -2.34. The van der Waals surface area contributed by atoms with Crippen molar-refractivity contribution in [1.82, 2.24) is 15.1 Å². The van der Waals surface area contributed by atoms with Crippen LogP contribution in [0.3, 0.4) is 0 Å². The highest BCUT2D eigenvalue weighted by atomic mass is 16.2. The molecule has 17 heavy (non-hydrogen) atoms. The average molecular weight is 235 g/mol. The fourth-order valence-corrected chi connectivity index (χ4v) is 1.39. The highest BCUT2D eigenvalue weighted by molar-refractivity contribution is 5.92. The van der Waals surface area contributed by atoms with Gasteiger partial charge in [0.2, 0.25) is 0 Å². The van der Waals surface area contributed by atoms with Crippen molar-refractivity contribution in [2.24, 2.45) is 0 Å². The van der Waals surface area contributed by atoms with E-state index >= 15 is 0 Å². The van der Waals surface area contributed by atoms with Gasteiger partial charge in [-0.15, -0.1) is 6.58 Å². The number of aromatic amines is 1. The largest absolute Gasteiger partial charge is 0.329 e. The molecule has 1 N–H and O–H groups in total. The minimum atomic E-state index is -0.330. The fourth-order valence-electron chi connectivity index (χ4n) is 1.39. The molecule has 0 saturated carbocycles. The summed E-state index contributed by atoms with van der Waals surface area (Å²) in [6.45, 7) is 9.86. The zero-order chi connectivity index (χ0) is 13.1. The summed E-state index contributed by atoms with van der Waals surface area (Å²) in [6, 6.07) is 2.71. The van der Waals surface area contributed by atoms with Gasteiger partial charge in [-0.05, 0) is 26.8 Å². The molecule has 0 saturated heterocycles. The fraction of sp³-hybridized carbons (Fsp3) is 0.417. The Labute approximate surface area is 100 Å². The number of nitrogens with zero attached hydrogens (tertiary/aromatic N) is 2. The zero-order valence-corrected chi connectivity index (χ0v) is 10.4. The van der Waals surface area contributed by atoms with Crippen LogP contribution in [-0.4, -0.2) is 33.1 Å². The molecule has 0 aliphatic heterocycles. The normalized spacial score (nSPS) is 11.0. The number of aromatic nitrogens is 2. The first-order valence-corrected chi connectivity index (χ1v) is 5.35. The van der Waals surface area contributed by atoms with Gasteiger partial charge in [-0.1, -0.05) is 6.08 Å². The standard InChI is InChI=1S/C12H17N3O2/c1-5-8-15(12(2,3)4)11(17)9-6-7-10(16)14-13-9/h5-7H,1,8H2,2-4H3,(H,14,16). The first-order valence-electron chi connectivity index (χ1n) is 5.35. The first kappa shape index (κ1) is 13.2. The van der Waals surface area contributed by atoms with E-state index in [-0.39, 0.29) is 22.7 Å². The maximum Gasteiger partial charge on any atom is 0.275 e. The van der Waals surface area contributed by atoms with E-state index in [4.69, 9.17) is 0 Å². The van der Waals surface area contributed by atoms with Gasteiger partial charge in [-0.25, -0.2) is 5.10 Å². The van der Waals surface area contributed by atoms with Gasteiger partial charge < -0.3 is 4.90 Å². The van der Waals surface area contributed by atoms with Gasteiger partial charge in [0.15, 0.2) is 0 Å². The third kappa shape index (κ3) is 3.27. The van der Waals surface area contributed by atoms with Crippen molar-refractivity contribution in [3.63, 3.8) is 0 Å². The van der Waals surface area contributed by atoms with E-state index in [1.54, 1.807) is 11.0 Å². The smallest absolute Gasteiger partial charge is 0.275 e. The summed E-state index contributed by atoms with van der Waals surface area (Å²) in [4.78, 5) is 24.7. The maximum atomic E-state index is 12.2. The molecule has 1 heterocycles. The Balaban J connectivity index is 3.04. The number of carbonyl (C=O) groups is 1. The molecule has 0 bridgehead atoms. The van der Waals surface area contributed by atoms with Gasteiger partial charge in [-0.2, -0.15) is 5.10 Å². The molecule has 92 valence electrons. The number of rotatable bonds is 3. The van der Waals surface area contributed by atoms with Gasteiger partial charge in [0.1, 0.15) is 5.69 Å². The van der Waals surface area contributed by atoms with Crippen LogP contribution in [0.5, 0.6) is 0 Å². The van der Waals surface area contributed by atoms with E-state index in [1.807, 2.05) is 20.8 Å². The van der Waals surface area contributed by atoms with Crippen LogP contribution < -0.4 is 5.56 Å². The van der Waals surface area contributed by atoms with Crippen molar-refractivity contribution < 1.29 is 4.79 Å². The number of carbonyl (C=O) groups excluding carboxylic acids is 1. The molecule has 0 aliphatic rings. The molecule has 1 aromatic rings. The van der Waals surface area contributed by atoms with Crippen molar-refractivity contribution in [3.05, 3.63) is 40.8 Å². The number of hydrogen-bond donors (Lipinski definition) is 1. The third-order valence-corrected chi connectivity index (χ3v) is 2.26. The Morgan fingerprint density at radius 2 is 2.18 bits per heavy atom. The molecular formula is C12H17N3O2. The number of H-pyrrole nitrogens is 1. The maximum absolute atomic E-state index is 12.2. The molecule has 0 atom stereocenters. The molecule has 0 unspecified atom stereocenters. The number of amides is 1. The second kappa shape index (κ2) is 4.95. The van der Waals surface area contributed by atoms with Gasteiger partial charge in [0.05, 0.1) is 0 Å². The Hall–Kier alpha value is -1.91. The predicted molar refractivity (Wildman–Crippen MR) is 65.8 cm³/mol. The van der Waals surface area contributed by atoms with Gasteiger partial charge in [0.25, 0.3) is 11.5 Å². The van der Waals surface area contributed by atoms with Gasteiger partial charge in [0, 0.05) is 18.2 Å². The second-order valence-corrected chi connectivity index (χ2v) is 4.68. The second-order valence-electron chi connectivity index (χ2n) is 4.68. The summed E-state index contributed by atoms with van der Waals surface area (Å²) in [5.74, 6) is -0.228. The molecular weight excluding hydrogens is 218 g/mol. The van der Waals surface area contributed by atoms with Crippen molar-refractivity contribution in [2.45, 2.75) is 26.3 Å². The number of hydrogen-bond acceptors (Lipinski definition) is 3. The van der Waals surface area contributed by atoms with E-state index < -0.39 is 0 Å². The van der Waals surface area contributed by atoms with Crippen molar-refractivity contribution >= 4 is 5.91 Å². The van der Waals surface area contributed by atoms with Crippen LogP contribution in [-0.2, 0) is 0 Å². The minimum absolute atomic E-state index is 0.223. The Morgan fingerprint density at radius 3 is 2.59 bits per heavy atom. The van der Waals surface area contributed by atoms with E-state index in [2.05, 4.69) is 16.8 Å². The molecule has 1 aromatic heterocycles. The van der Waals surface area contributed by atoms with Crippen molar-refractivity contribution in [1.29, 1.82) is 0 Å². The molecule has 0 aromatic carbocycles. The van der Waals surface area contributed by atoms with Crippen LogP contribution in [0.2, 0.25) is 0 Å². The molecule has 5 heteroatoms. The van der Waals surface area contributed by atoms with E-state index in [9.17, 15) is 9.59 Å². The molecule has 1 amide bonds. The highest BCUT2D eigenvalue weighted by Gasteiger charge is 2.27. The van der Waals surface area contributed by atoms with Crippen molar-refractivity contribution in [2.75, 3.05) is 6.54 Å². The first-order chi connectivity index (χ1) is 7.86. The SMILES string of the molecule is C=CCN(C(=O)c1ccc(=O)[nH]n1)C(C)(C)C. The summed E-state index contributed by atoms with van der Waals surface area (Å²) >= 11 is 0. The Morgan fingerprint density at radius 1 is 1.53 bits per heavy atom. The lowest BCUT2D eigenvalue weighted by molar-refractivity contribution is 0.0609. The van der Waals surface area contributed by atoms with E-state index in [0.29, 0.717) is 6.54 Å². The zero-order valence-electron chi connectivity index (χ0n) is 10.4. The Bertz CT molecular complexity index is 451. The summed E-state index contributed by atoms with van der Waals surface area (Å²) in [5.41, 5.74) is -0.433. The monoisotopic (exact) mass is 235 g/mol. The number of nitrogens with one attached hydrogen (secondary N) is 1. The summed E-state index contributed by atoms with van der Waals surface area (Å²) in [7, 11) is 0. The quantitative estimate of drug-likeness (QED) is 0.800. The lowest BCUT2D eigenvalue weighted by Crippen LogP contribution is -2.46. The highest BCUT2D eigenvalue weighted by Crippen LogP contribution is 2.15. The molecule has 0 fully saturated rings. The van der Waals surface area contributed by atoms with E-state index in [0.717, 1.165) is 0 Å². The third-order valence-electron chi connectivity index (χ3n) is 2.26. The van der Waals surface area contributed by atoms with Crippen molar-refractivity contribution in [3.8, 4) is 0 Å². The van der Waals surface area contributed by atoms with Crippen LogP contribution in [0.4, 0.5) is 0 Å². The Kier molecular flexibility index (Phi) is 3.83. The summed E-state index contributed by atoms with van der Waals surface area (Å²) in [6.07, 6.45) is 1.66. The van der Waals surface area contributed by atoms with Gasteiger partial charge >= 0.3 is 0 Å². The van der Waals surface area contributed by atoms with Crippen LogP contribution in [0.25, 0.3) is 0 Å². The van der Waals surface area contributed by atoms with Gasteiger partial charge in [-0.3, -0.25) is 9.59 Å². The molecule has 0 radical (unpaired) electrons. The summed E-state index contributed by atoms with van der Waals surface area (Å²) in [5, 5.41) is 5.98. The van der Waals surface area contributed by atoms with Crippen LogP contribution in [0.1, 0.15) is 31.3 Å². The molecule has 0 aliphatic carbocycles. The topological polar surface area (TPSA) is 66.1 Å². The lowest BCUT2D eigenvalue weighted by atomic mass is 10.1.